The highest BCUT2D eigenvalue weighted by Gasteiger charge is 2.28. The van der Waals surface area contributed by atoms with Gasteiger partial charge in [-0.3, -0.25) is 14.4 Å². The second-order valence-electron chi connectivity index (χ2n) is 6.84. The van der Waals surface area contributed by atoms with Crippen LogP contribution in [0.4, 0.5) is 0 Å². The van der Waals surface area contributed by atoms with E-state index in [1.165, 1.54) is 11.8 Å². The van der Waals surface area contributed by atoms with Crippen molar-refractivity contribution in [3.8, 4) is 5.75 Å². The molecule has 2 amide bonds. The summed E-state index contributed by atoms with van der Waals surface area (Å²) in [6, 6.07) is 14.4. The molecule has 0 radical (unpaired) electrons. The molecule has 1 aliphatic heterocycles. The molecule has 1 N–H and O–H groups in total. The van der Waals surface area contributed by atoms with E-state index < -0.39 is 24.5 Å². The van der Waals surface area contributed by atoms with Gasteiger partial charge in [0.25, 0.3) is 5.91 Å². The molecule has 0 unspecified atom stereocenters. The van der Waals surface area contributed by atoms with Gasteiger partial charge < -0.3 is 19.7 Å². The van der Waals surface area contributed by atoms with Crippen LogP contribution in [0.5, 0.6) is 5.75 Å². The van der Waals surface area contributed by atoms with Crippen LogP contribution in [0.15, 0.2) is 54.7 Å². The first-order chi connectivity index (χ1) is 14.5. The van der Waals surface area contributed by atoms with Crippen LogP contribution in [0.1, 0.15) is 36.1 Å². The number of fused-ring (bicyclic) bond motifs is 1. The lowest BCUT2D eigenvalue weighted by molar-refractivity contribution is -0.150. The number of para-hydroxylation sites is 1. The molecule has 2 aromatic rings. The molecular formula is C23H24N2O5. The molecule has 156 valence electrons. The summed E-state index contributed by atoms with van der Waals surface area (Å²) in [7, 11) is 1.56. The van der Waals surface area contributed by atoms with Crippen molar-refractivity contribution in [2.75, 3.05) is 13.7 Å². The number of carbonyl (C=O) groups is 3. The monoisotopic (exact) mass is 408 g/mol. The molecule has 0 spiro atoms. The molecule has 0 fully saturated rings. The van der Waals surface area contributed by atoms with Crippen LogP contribution in [0, 0.1) is 0 Å². The second kappa shape index (κ2) is 9.73. The summed E-state index contributed by atoms with van der Waals surface area (Å²) < 4.78 is 10.4. The van der Waals surface area contributed by atoms with E-state index in [9.17, 15) is 14.4 Å². The van der Waals surface area contributed by atoms with E-state index in [0.717, 1.165) is 16.7 Å². The van der Waals surface area contributed by atoms with Crippen molar-refractivity contribution in [1.82, 2.24) is 10.2 Å². The summed E-state index contributed by atoms with van der Waals surface area (Å²) in [5.74, 6) is -0.471. The minimum Gasteiger partial charge on any atom is -0.496 e. The first kappa shape index (κ1) is 21.1. The average Bonchev–Trinajstić information content (AvgIpc) is 2.76. The normalized spacial score (nSPS) is 14.6. The average molecular weight is 408 g/mol. The fourth-order valence-corrected chi connectivity index (χ4v) is 3.37. The van der Waals surface area contributed by atoms with E-state index in [4.69, 9.17) is 9.47 Å². The van der Waals surface area contributed by atoms with Crippen LogP contribution in [0.25, 0.3) is 6.08 Å². The number of hydrogen-bond acceptors (Lipinski definition) is 5. The van der Waals surface area contributed by atoms with Crippen molar-refractivity contribution in [3.05, 3.63) is 71.4 Å². The standard InChI is InChI=1S/C23H24N2O5/c1-16(26)25-12-11-17-7-3-5-9-19(17)20(25)13-23(28)30-15-22(27)24-14-18-8-4-6-10-21(18)29-2/h3-12,20H,13-15H2,1-2H3,(H,24,27)/t20-/m0/s1. The van der Waals surface area contributed by atoms with Gasteiger partial charge in [0.1, 0.15) is 5.75 Å². The lowest BCUT2D eigenvalue weighted by Gasteiger charge is -2.32. The quantitative estimate of drug-likeness (QED) is 0.712. The molecule has 0 saturated carbocycles. The van der Waals surface area contributed by atoms with Crippen LogP contribution in [0.2, 0.25) is 0 Å². The summed E-state index contributed by atoms with van der Waals surface area (Å²) in [5, 5.41) is 2.70. The maximum atomic E-state index is 12.4. The highest BCUT2D eigenvalue weighted by molar-refractivity contribution is 5.82. The first-order valence-electron chi connectivity index (χ1n) is 9.60. The minimum absolute atomic E-state index is 0.0410. The lowest BCUT2D eigenvalue weighted by Crippen LogP contribution is -2.33. The van der Waals surface area contributed by atoms with E-state index in [1.54, 1.807) is 19.4 Å². The maximum Gasteiger partial charge on any atom is 0.308 e. The molecule has 7 nitrogen and oxygen atoms in total. The number of ether oxygens (including phenoxy) is 2. The zero-order valence-corrected chi connectivity index (χ0v) is 17.0. The van der Waals surface area contributed by atoms with Gasteiger partial charge >= 0.3 is 5.97 Å². The number of carbonyl (C=O) groups excluding carboxylic acids is 3. The van der Waals surface area contributed by atoms with Gasteiger partial charge in [0.05, 0.1) is 19.6 Å². The molecule has 1 aliphatic rings. The molecule has 0 saturated heterocycles. The molecule has 1 heterocycles. The van der Waals surface area contributed by atoms with Gasteiger partial charge in [-0.1, -0.05) is 42.5 Å². The predicted molar refractivity (Wildman–Crippen MR) is 111 cm³/mol. The number of benzene rings is 2. The second-order valence-corrected chi connectivity index (χ2v) is 6.84. The number of esters is 1. The van der Waals surface area contributed by atoms with Crippen molar-refractivity contribution < 1.29 is 23.9 Å². The molecule has 0 aromatic heterocycles. The van der Waals surface area contributed by atoms with Gasteiger partial charge in [0, 0.05) is 25.2 Å². The van der Waals surface area contributed by atoms with Gasteiger partial charge in [-0.05, 0) is 23.3 Å². The van der Waals surface area contributed by atoms with Gasteiger partial charge in [-0.25, -0.2) is 0 Å². The summed E-state index contributed by atoms with van der Waals surface area (Å²) in [4.78, 5) is 38.0. The van der Waals surface area contributed by atoms with E-state index >= 15 is 0 Å². The Labute approximate surface area is 175 Å². The zero-order valence-electron chi connectivity index (χ0n) is 17.0. The number of hydrogen-bond donors (Lipinski definition) is 1. The third kappa shape index (κ3) is 5.05. The highest BCUT2D eigenvalue weighted by Crippen LogP contribution is 2.33. The Morgan fingerprint density at radius 1 is 1.07 bits per heavy atom. The SMILES string of the molecule is COc1ccccc1CNC(=O)COC(=O)C[C@H]1c2ccccc2C=CN1C(C)=O. The van der Waals surface area contributed by atoms with E-state index in [2.05, 4.69) is 5.32 Å². The molecule has 0 aliphatic carbocycles. The van der Waals surface area contributed by atoms with Gasteiger partial charge in [0.2, 0.25) is 5.91 Å². The van der Waals surface area contributed by atoms with E-state index in [1.807, 2.05) is 48.5 Å². The number of nitrogens with zero attached hydrogens (tertiary/aromatic N) is 1. The Bertz CT molecular complexity index is 970. The molecule has 0 bridgehead atoms. The number of rotatable bonds is 7. The topological polar surface area (TPSA) is 84.9 Å². The number of nitrogens with one attached hydrogen (secondary N) is 1. The summed E-state index contributed by atoms with van der Waals surface area (Å²) >= 11 is 0. The Kier molecular flexibility index (Phi) is 6.85. The van der Waals surface area contributed by atoms with Crippen LogP contribution < -0.4 is 10.1 Å². The third-order valence-corrected chi connectivity index (χ3v) is 4.86. The zero-order chi connectivity index (χ0) is 21.5. The summed E-state index contributed by atoms with van der Waals surface area (Å²) in [6.07, 6.45) is 3.47. The van der Waals surface area contributed by atoms with E-state index in [-0.39, 0.29) is 18.9 Å². The molecule has 3 rings (SSSR count). The van der Waals surface area contributed by atoms with Gasteiger partial charge in [0.15, 0.2) is 6.61 Å². The van der Waals surface area contributed by atoms with Crippen molar-refractivity contribution in [1.29, 1.82) is 0 Å². The number of methoxy groups -OCH3 is 1. The largest absolute Gasteiger partial charge is 0.496 e. The van der Waals surface area contributed by atoms with Crippen LogP contribution in [0.3, 0.4) is 0 Å². The first-order valence-corrected chi connectivity index (χ1v) is 9.60. The minimum atomic E-state index is -0.552. The van der Waals surface area contributed by atoms with Gasteiger partial charge in [-0.15, -0.1) is 0 Å². The van der Waals surface area contributed by atoms with Crippen molar-refractivity contribution in [2.24, 2.45) is 0 Å². The Morgan fingerprint density at radius 2 is 1.80 bits per heavy atom. The molecule has 7 heteroatoms. The molecule has 1 atom stereocenters. The van der Waals surface area contributed by atoms with Crippen molar-refractivity contribution >= 4 is 23.9 Å². The molecular weight excluding hydrogens is 384 g/mol. The van der Waals surface area contributed by atoms with Gasteiger partial charge in [-0.2, -0.15) is 0 Å². The van der Waals surface area contributed by atoms with Crippen LogP contribution in [-0.4, -0.2) is 36.4 Å². The highest BCUT2D eigenvalue weighted by atomic mass is 16.5. The lowest BCUT2D eigenvalue weighted by atomic mass is 9.94. The maximum absolute atomic E-state index is 12.4. The Balaban J connectivity index is 1.55. The summed E-state index contributed by atoms with van der Waals surface area (Å²) in [5.41, 5.74) is 2.64. The van der Waals surface area contributed by atoms with E-state index in [0.29, 0.717) is 5.75 Å². The Hall–Kier alpha value is -3.61. The number of amides is 2. The van der Waals surface area contributed by atoms with Crippen LogP contribution in [-0.2, 0) is 25.7 Å². The van der Waals surface area contributed by atoms with Crippen LogP contribution >= 0.6 is 0 Å². The summed E-state index contributed by atoms with van der Waals surface area (Å²) in [6.45, 7) is 1.32. The van der Waals surface area contributed by atoms with Crippen molar-refractivity contribution in [3.63, 3.8) is 0 Å². The Morgan fingerprint density at radius 3 is 2.57 bits per heavy atom. The van der Waals surface area contributed by atoms with Crippen molar-refractivity contribution in [2.45, 2.75) is 25.9 Å². The molecule has 2 aromatic carbocycles. The third-order valence-electron chi connectivity index (χ3n) is 4.86. The molecule has 30 heavy (non-hydrogen) atoms. The fourth-order valence-electron chi connectivity index (χ4n) is 3.37. The fraction of sp³-hybridized carbons (Fsp3) is 0.261. The predicted octanol–water partition coefficient (Wildman–Crippen LogP) is 2.82. The smallest absolute Gasteiger partial charge is 0.308 e.